The standard InChI is InChI=1S/C12H16ClNO2/c1-4-14(9(3)12(15)16)11-7-10(13)6-5-8(11)2/h5-7,9H,4H2,1-3H3,(H,15,16)/t9-/m1/s1. The number of aryl methyl sites for hydroxylation is 1. The third kappa shape index (κ3) is 2.67. The number of halogens is 1. The van der Waals surface area contributed by atoms with Crippen LogP contribution in [0.1, 0.15) is 19.4 Å². The number of hydrogen-bond acceptors (Lipinski definition) is 2. The van der Waals surface area contributed by atoms with Gasteiger partial charge in [0.15, 0.2) is 0 Å². The van der Waals surface area contributed by atoms with E-state index in [2.05, 4.69) is 0 Å². The Kier molecular flexibility index (Phi) is 4.19. The van der Waals surface area contributed by atoms with Crippen molar-refractivity contribution in [3.05, 3.63) is 28.8 Å². The summed E-state index contributed by atoms with van der Waals surface area (Å²) >= 11 is 5.93. The summed E-state index contributed by atoms with van der Waals surface area (Å²) in [5.41, 5.74) is 1.91. The molecule has 0 spiro atoms. The lowest BCUT2D eigenvalue weighted by Crippen LogP contribution is -2.39. The summed E-state index contributed by atoms with van der Waals surface area (Å²) in [6, 6.07) is 4.95. The summed E-state index contributed by atoms with van der Waals surface area (Å²) in [4.78, 5) is 12.8. The second kappa shape index (κ2) is 5.21. The minimum absolute atomic E-state index is 0.554. The van der Waals surface area contributed by atoms with Crippen molar-refractivity contribution in [1.82, 2.24) is 0 Å². The first-order valence-electron chi connectivity index (χ1n) is 5.23. The van der Waals surface area contributed by atoms with Gasteiger partial charge in [0, 0.05) is 17.3 Å². The molecule has 88 valence electrons. The predicted octanol–water partition coefficient (Wildman–Crippen LogP) is 2.95. The van der Waals surface area contributed by atoms with Crippen LogP contribution in [0, 0.1) is 6.92 Å². The number of carbonyl (C=O) groups is 1. The molecule has 1 atom stereocenters. The van der Waals surface area contributed by atoms with Crippen LogP contribution >= 0.6 is 11.6 Å². The molecule has 0 bridgehead atoms. The number of hydrogen-bond donors (Lipinski definition) is 1. The molecule has 0 radical (unpaired) electrons. The molecule has 16 heavy (non-hydrogen) atoms. The Morgan fingerprint density at radius 2 is 2.19 bits per heavy atom. The summed E-state index contributed by atoms with van der Waals surface area (Å²) in [5.74, 6) is -0.832. The van der Waals surface area contributed by atoms with Gasteiger partial charge in [-0.15, -0.1) is 0 Å². The molecule has 1 rings (SSSR count). The lowest BCUT2D eigenvalue weighted by molar-refractivity contribution is -0.138. The Balaban J connectivity index is 3.12. The number of nitrogens with zero attached hydrogens (tertiary/aromatic N) is 1. The van der Waals surface area contributed by atoms with Crippen LogP contribution in [0.3, 0.4) is 0 Å². The zero-order valence-electron chi connectivity index (χ0n) is 9.70. The number of benzene rings is 1. The van der Waals surface area contributed by atoms with Crippen molar-refractivity contribution in [2.45, 2.75) is 26.8 Å². The van der Waals surface area contributed by atoms with Gasteiger partial charge >= 0.3 is 5.97 Å². The number of rotatable bonds is 4. The molecule has 0 aliphatic carbocycles. The summed E-state index contributed by atoms with van der Waals surface area (Å²) < 4.78 is 0. The van der Waals surface area contributed by atoms with Crippen molar-refractivity contribution >= 4 is 23.3 Å². The zero-order chi connectivity index (χ0) is 12.3. The van der Waals surface area contributed by atoms with Gasteiger partial charge in [0.2, 0.25) is 0 Å². The Hall–Kier alpha value is -1.22. The number of carboxylic acids is 1. The highest BCUT2D eigenvalue weighted by Gasteiger charge is 2.20. The first-order chi connectivity index (χ1) is 7.47. The van der Waals surface area contributed by atoms with Crippen LogP contribution in [0.2, 0.25) is 5.02 Å². The highest BCUT2D eigenvalue weighted by Crippen LogP contribution is 2.25. The second-order valence-electron chi connectivity index (χ2n) is 3.73. The third-order valence-electron chi connectivity index (χ3n) is 2.65. The van der Waals surface area contributed by atoms with E-state index >= 15 is 0 Å². The second-order valence-corrected chi connectivity index (χ2v) is 4.17. The Morgan fingerprint density at radius 1 is 1.56 bits per heavy atom. The van der Waals surface area contributed by atoms with E-state index in [9.17, 15) is 4.79 Å². The number of anilines is 1. The first-order valence-corrected chi connectivity index (χ1v) is 5.60. The molecule has 0 saturated heterocycles. The topological polar surface area (TPSA) is 40.5 Å². The van der Waals surface area contributed by atoms with E-state index in [4.69, 9.17) is 16.7 Å². The Morgan fingerprint density at radius 3 is 2.69 bits per heavy atom. The average Bonchev–Trinajstić information content (AvgIpc) is 2.23. The van der Waals surface area contributed by atoms with Crippen LogP contribution in [0.4, 0.5) is 5.69 Å². The van der Waals surface area contributed by atoms with Gasteiger partial charge in [0.1, 0.15) is 6.04 Å². The van der Waals surface area contributed by atoms with E-state index in [1.807, 2.05) is 24.8 Å². The van der Waals surface area contributed by atoms with Crippen molar-refractivity contribution in [3.63, 3.8) is 0 Å². The maximum Gasteiger partial charge on any atom is 0.326 e. The largest absolute Gasteiger partial charge is 0.480 e. The van der Waals surface area contributed by atoms with Crippen molar-refractivity contribution in [2.24, 2.45) is 0 Å². The summed E-state index contributed by atoms with van der Waals surface area (Å²) in [6.07, 6.45) is 0. The molecule has 0 unspecified atom stereocenters. The summed E-state index contributed by atoms with van der Waals surface area (Å²) in [5, 5.41) is 9.65. The van der Waals surface area contributed by atoms with Gasteiger partial charge in [-0.3, -0.25) is 0 Å². The highest BCUT2D eigenvalue weighted by molar-refractivity contribution is 6.30. The van der Waals surface area contributed by atoms with Crippen LogP contribution in [0.25, 0.3) is 0 Å². The van der Waals surface area contributed by atoms with Gasteiger partial charge in [-0.05, 0) is 38.5 Å². The first kappa shape index (κ1) is 12.8. The minimum Gasteiger partial charge on any atom is -0.480 e. The van der Waals surface area contributed by atoms with Gasteiger partial charge in [0.25, 0.3) is 0 Å². The van der Waals surface area contributed by atoms with Crippen molar-refractivity contribution in [3.8, 4) is 0 Å². The number of likely N-dealkylation sites (N-methyl/N-ethyl adjacent to an activating group) is 1. The Labute approximate surface area is 101 Å². The molecule has 1 N–H and O–H groups in total. The lowest BCUT2D eigenvalue weighted by atomic mass is 10.1. The summed E-state index contributed by atoms with van der Waals surface area (Å²) in [6.45, 7) is 6.18. The fraction of sp³-hybridized carbons (Fsp3) is 0.417. The average molecular weight is 242 g/mol. The molecule has 0 amide bonds. The van der Waals surface area contributed by atoms with Crippen LogP contribution in [-0.4, -0.2) is 23.7 Å². The molecule has 0 heterocycles. The predicted molar refractivity (Wildman–Crippen MR) is 66.3 cm³/mol. The highest BCUT2D eigenvalue weighted by atomic mass is 35.5. The van der Waals surface area contributed by atoms with E-state index in [-0.39, 0.29) is 0 Å². The van der Waals surface area contributed by atoms with Gasteiger partial charge < -0.3 is 10.0 Å². The SMILES string of the molecule is CCN(c1cc(Cl)ccc1C)[C@H](C)C(=O)O. The normalized spacial score (nSPS) is 12.2. The van der Waals surface area contributed by atoms with Crippen LogP contribution < -0.4 is 4.90 Å². The molecule has 0 aromatic heterocycles. The van der Waals surface area contributed by atoms with E-state index in [0.29, 0.717) is 11.6 Å². The fourth-order valence-electron chi connectivity index (χ4n) is 1.68. The molecule has 0 fully saturated rings. The monoisotopic (exact) mass is 241 g/mol. The summed E-state index contributed by atoms with van der Waals surface area (Å²) in [7, 11) is 0. The molecule has 4 heteroatoms. The lowest BCUT2D eigenvalue weighted by Gasteiger charge is -2.28. The third-order valence-corrected chi connectivity index (χ3v) is 2.88. The van der Waals surface area contributed by atoms with Crippen molar-refractivity contribution in [2.75, 3.05) is 11.4 Å². The van der Waals surface area contributed by atoms with Crippen LogP contribution in [0.5, 0.6) is 0 Å². The smallest absolute Gasteiger partial charge is 0.326 e. The molecule has 3 nitrogen and oxygen atoms in total. The maximum absolute atomic E-state index is 11.0. The van der Waals surface area contributed by atoms with Crippen LogP contribution in [0.15, 0.2) is 18.2 Å². The minimum atomic E-state index is -0.832. The fourth-order valence-corrected chi connectivity index (χ4v) is 1.84. The number of carboxylic acid groups (broad SMARTS) is 1. The van der Waals surface area contributed by atoms with E-state index in [1.54, 1.807) is 19.1 Å². The van der Waals surface area contributed by atoms with Gasteiger partial charge in [0.05, 0.1) is 0 Å². The van der Waals surface area contributed by atoms with Crippen molar-refractivity contribution < 1.29 is 9.90 Å². The molecule has 0 saturated carbocycles. The number of aliphatic carboxylic acids is 1. The molecular weight excluding hydrogens is 226 g/mol. The van der Waals surface area contributed by atoms with Gasteiger partial charge in [-0.1, -0.05) is 17.7 Å². The van der Waals surface area contributed by atoms with Crippen LogP contribution in [-0.2, 0) is 4.79 Å². The molecule has 1 aromatic rings. The zero-order valence-corrected chi connectivity index (χ0v) is 10.5. The van der Waals surface area contributed by atoms with Gasteiger partial charge in [-0.25, -0.2) is 4.79 Å². The molecule has 0 aliphatic rings. The molecule has 1 aromatic carbocycles. The molecular formula is C12H16ClNO2. The Bertz CT molecular complexity index is 393. The van der Waals surface area contributed by atoms with E-state index < -0.39 is 12.0 Å². The van der Waals surface area contributed by atoms with Gasteiger partial charge in [-0.2, -0.15) is 0 Å². The quantitative estimate of drug-likeness (QED) is 0.881. The van der Waals surface area contributed by atoms with Crippen molar-refractivity contribution in [1.29, 1.82) is 0 Å². The van der Waals surface area contributed by atoms with E-state index in [1.165, 1.54) is 0 Å². The van der Waals surface area contributed by atoms with E-state index in [0.717, 1.165) is 11.3 Å². The molecule has 0 aliphatic heterocycles. The maximum atomic E-state index is 11.0.